The Morgan fingerprint density at radius 2 is 2.42 bits per heavy atom. The molecule has 1 aromatic carbocycles. The van der Waals surface area contributed by atoms with Crippen LogP contribution in [0, 0.1) is 0 Å². The molecule has 2 N–H and O–H groups in total. The molecule has 0 fully saturated rings. The Morgan fingerprint density at radius 3 is 3.21 bits per heavy atom. The lowest BCUT2D eigenvalue weighted by molar-refractivity contribution is 0.0868. The number of anilines is 1. The van der Waals surface area contributed by atoms with E-state index in [9.17, 15) is 4.79 Å². The molecule has 1 heterocycles. The maximum absolute atomic E-state index is 12.2. The fourth-order valence-electron chi connectivity index (χ4n) is 1.99. The average molecular weight is 264 g/mol. The minimum atomic E-state index is -0.132. The highest BCUT2D eigenvalue weighted by molar-refractivity contribution is 5.99. The first-order chi connectivity index (χ1) is 9.22. The normalized spacial score (nSPS) is 14.8. The zero-order valence-corrected chi connectivity index (χ0v) is 11.4. The van der Waals surface area contributed by atoms with E-state index in [-0.39, 0.29) is 11.9 Å². The van der Waals surface area contributed by atoms with E-state index >= 15 is 0 Å². The lowest BCUT2D eigenvalue weighted by Gasteiger charge is -2.22. The average Bonchev–Trinajstić information content (AvgIpc) is 2.44. The molecule has 2 rings (SSSR count). The third kappa shape index (κ3) is 3.38. The van der Waals surface area contributed by atoms with E-state index in [2.05, 4.69) is 10.6 Å². The van der Waals surface area contributed by atoms with Crippen LogP contribution in [0.15, 0.2) is 18.2 Å². The van der Waals surface area contributed by atoms with Crippen LogP contribution in [0.4, 0.5) is 5.69 Å². The largest absolute Gasteiger partial charge is 0.489 e. The highest BCUT2D eigenvalue weighted by Crippen LogP contribution is 2.31. The van der Waals surface area contributed by atoms with Gasteiger partial charge in [0.1, 0.15) is 6.61 Å². The van der Waals surface area contributed by atoms with Gasteiger partial charge in [0, 0.05) is 19.2 Å². The molecular formula is C14H20N2O3. The van der Waals surface area contributed by atoms with Crippen molar-refractivity contribution in [2.45, 2.75) is 19.9 Å². The second-order valence-electron chi connectivity index (χ2n) is 4.49. The molecule has 19 heavy (non-hydrogen) atoms. The first-order valence-electron chi connectivity index (χ1n) is 6.60. The molecular weight excluding hydrogens is 244 g/mol. The number of benzene rings is 1. The van der Waals surface area contributed by atoms with E-state index in [1.54, 1.807) is 6.07 Å². The maximum Gasteiger partial charge on any atom is 0.255 e. The molecule has 1 unspecified atom stereocenters. The lowest BCUT2D eigenvalue weighted by atomic mass is 10.1. The Morgan fingerprint density at radius 1 is 1.58 bits per heavy atom. The molecule has 0 bridgehead atoms. The van der Waals surface area contributed by atoms with Crippen molar-refractivity contribution in [1.29, 1.82) is 0 Å². The van der Waals surface area contributed by atoms with Gasteiger partial charge in [-0.1, -0.05) is 6.07 Å². The number of amides is 1. The van der Waals surface area contributed by atoms with Crippen LogP contribution < -0.4 is 15.4 Å². The highest BCUT2D eigenvalue weighted by atomic mass is 16.5. The van der Waals surface area contributed by atoms with Crippen LogP contribution in [0.1, 0.15) is 24.2 Å². The summed E-state index contributed by atoms with van der Waals surface area (Å²) >= 11 is 0. The minimum absolute atomic E-state index is 0.0279. The van der Waals surface area contributed by atoms with Gasteiger partial charge in [0.2, 0.25) is 0 Å². The summed E-state index contributed by atoms with van der Waals surface area (Å²) in [5, 5.41) is 6.13. The molecule has 0 saturated heterocycles. The number of para-hydroxylation sites is 1. The number of carbonyl (C=O) groups is 1. The number of hydrogen-bond donors (Lipinski definition) is 2. The van der Waals surface area contributed by atoms with E-state index in [4.69, 9.17) is 9.47 Å². The van der Waals surface area contributed by atoms with Crippen LogP contribution in [0.3, 0.4) is 0 Å². The molecule has 0 spiro atoms. The number of rotatable bonds is 5. The summed E-state index contributed by atoms with van der Waals surface area (Å²) in [7, 11) is 0. The third-order valence-electron chi connectivity index (χ3n) is 2.87. The molecule has 1 aliphatic heterocycles. The molecule has 5 nitrogen and oxygen atoms in total. The second kappa shape index (κ2) is 6.43. The van der Waals surface area contributed by atoms with E-state index in [0.717, 1.165) is 12.2 Å². The topological polar surface area (TPSA) is 59.6 Å². The summed E-state index contributed by atoms with van der Waals surface area (Å²) in [5.41, 5.74) is 1.43. The summed E-state index contributed by atoms with van der Waals surface area (Å²) in [6, 6.07) is 5.51. The van der Waals surface area contributed by atoms with E-state index < -0.39 is 0 Å². The Kier molecular flexibility index (Phi) is 4.63. The lowest BCUT2D eigenvalue weighted by Crippen LogP contribution is -2.36. The summed E-state index contributed by atoms with van der Waals surface area (Å²) in [6.45, 7) is 6.35. The van der Waals surface area contributed by atoms with Gasteiger partial charge in [0.15, 0.2) is 5.75 Å². The molecule has 1 atom stereocenters. The standard InChI is InChI=1S/C14H20N2O3/c1-3-18-9-10(2)16-14(17)11-5-4-6-12-13(11)19-8-7-15-12/h4-6,10,15H,3,7-9H2,1-2H3,(H,16,17). The zero-order valence-electron chi connectivity index (χ0n) is 11.4. The van der Waals surface area contributed by atoms with Crippen molar-refractivity contribution in [2.75, 3.05) is 31.7 Å². The Balaban J connectivity index is 2.07. The van der Waals surface area contributed by atoms with Crippen molar-refractivity contribution in [3.63, 3.8) is 0 Å². The SMILES string of the molecule is CCOCC(C)NC(=O)c1cccc2c1OCCN2. The van der Waals surface area contributed by atoms with Gasteiger partial charge in [0.25, 0.3) is 5.91 Å². The summed E-state index contributed by atoms with van der Waals surface area (Å²) in [4.78, 5) is 12.2. The predicted molar refractivity (Wildman–Crippen MR) is 73.8 cm³/mol. The van der Waals surface area contributed by atoms with Crippen LogP contribution in [-0.4, -0.2) is 38.3 Å². The van der Waals surface area contributed by atoms with Gasteiger partial charge in [-0.2, -0.15) is 0 Å². The fraction of sp³-hybridized carbons (Fsp3) is 0.500. The van der Waals surface area contributed by atoms with Crippen molar-refractivity contribution in [3.8, 4) is 5.75 Å². The van der Waals surface area contributed by atoms with E-state index in [0.29, 0.717) is 31.1 Å². The summed E-state index contributed by atoms with van der Waals surface area (Å²) < 4.78 is 10.9. The van der Waals surface area contributed by atoms with Crippen LogP contribution in [0.2, 0.25) is 0 Å². The molecule has 5 heteroatoms. The number of carbonyl (C=O) groups excluding carboxylic acids is 1. The Hall–Kier alpha value is -1.75. The van der Waals surface area contributed by atoms with Crippen LogP contribution in [0.5, 0.6) is 5.75 Å². The molecule has 0 saturated carbocycles. The third-order valence-corrected chi connectivity index (χ3v) is 2.87. The predicted octanol–water partition coefficient (Wildman–Crippen LogP) is 1.65. The fourth-order valence-corrected chi connectivity index (χ4v) is 1.99. The maximum atomic E-state index is 12.2. The molecule has 104 valence electrons. The molecule has 0 aromatic heterocycles. The van der Waals surface area contributed by atoms with Crippen molar-refractivity contribution in [1.82, 2.24) is 5.32 Å². The number of fused-ring (bicyclic) bond motifs is 1. The molecule has 1 aromatic rings. The smallest absolute Gasteiger partial charge is 0.255 e. The van der Waals surface area contributed by atoms with Gasteiger partial charge in [-0.15, -0.1) is 0 Å². The highest BCUT2D eigenvalue weighted by Gasteiger charge is 2.19. The van der Waals surface area contributed by atoms with Crippen LogP contribution in [-0.2, 0) is 4.74 Å². The minimum Gasteiger partial charge on any atom is -0.489 e. The van der Waals surface area contributed by atoms with Gasteiger partial charge >= 0.3 is 0 Å². The van der Waals surface area contributed by atoms with Crippen molar-refractivity contribution in [3.05, 3.63) is 23.8 Å². The number of hydrogen-bond acceptors (Lipinski definition) is 4. The van der Waals surface area contributed by atoms with Gasteiger partial charge in [-0.3, -0.25) is 4.79 Å². The van der Waals surface area contributed by atoms with Gasteiger partial charge in [-0.05, 0) is 26.0 Å². The van der Waals surface area contributed by atoms with Crippen LogP contribution >= 0.6 is 0 Å². The molecule has 0 aliphatic carbocycles. The summed E-state index contributed by atoms with van der Waals surface area (Å²) in [5.74, 6) is 0.502. The zero-order chi connectivity index (χ0) is 13.7. The molecule has 1 aliphatic rings. The first-order valence-corrected chi connectivity index (χ1v) is 6.60. The van der Waals surface area contributed by atoms with E-state index in [1.165, 1.54) is 0 Å². The van der Waals surface area contributed by atoms with Crippen molar-refractivity contribution in [2.24, 2.45) is 0 Å². The Bertz CT molecular complexity index is 448. The van der Waals surface area contributed by atoms with Crippen molar-refractivity contribution >= 4 is 11.6 Å². The van der Waals surface area contributed by atoms with Crippen LogP contribution in [0.25, 0.3) is 0 Å². The quantitative estimate of drug-likeness (QED) is 0.849. The number of nitrogens with one attached hydrogen (secondary N) is 2. The molecule has 1 amide bonds. The second-order valence-corrected chi connectivity index (χ2v) is 4.49. The van der Waals surface area contributed by atoms with Gasteiger partial charge in [-0.25, -0.2) is 0 Å². The van der Waals surface area contributed by atoms with Gasteiger partial charge < -0.3 is 20.1 Å². The Labute approximate surface area is 113 Å². The summed E-state index contributed by atoms with van der Waals surface area (Å²) in [6.07, 6.45) is 0. The monoisotopic (exact) mass is 264 g/mol. The van der Waals surface area contributed by atoms with Gasteiger partial charge in [0.05, 0.1) is 17.9 Å². The molecule has 0 radical (unpaired) electrons. The number of ether oxygens (including phenoxy) is 2. The van der Waals surface area contributed by atoms with Crippen molar-refractivity contribution < 1.29 is 14.3 Å². The first kappa shape index (κ1) is 13.7. The van der Waals surface area contributed by atoms with E-state index in [1.807, 2.05) is 26.0 Å².